The van der Waals surface area contributed by atoms with Crippen LogP contribution in [0.25, 0.3) is 10.9 Å². The predicted octanol–water partition coefficient (Wildman–Crippen LogP) is 3.47. The first kappa shape index (κ1) is 19.0. The normalized spacial score (nSPS) is 12.2. The minimum Gasteiger partial charge on any atom is -0.323 e. The SMILES string of the molecule is C[C@@H](Sc1nc2ccccc2c(=O)n1C)C(=O)Nc1ccc(F)c(F)c1F. The molecule has 140 valence electrons. The van der Waals surface area contributed by atoms with Gasteiger partial charge in [0.05, 0.1) is 21.8 Å². The maximum Gasteiger partial charge on any atom is 0.261 e. The number of fused-ring (bicyclic) bond motifs is 1. The zero-order valence-corrected chi connectivity index (χ0v) is 15.1. The van der Waals surface area contributed by atoms with Gasteiger partial charge in [0.15, 0.2) is 22.6 Å². The van der Waals surface area contributed by atoms with Crippen molar-refractivity contribution in [3.63, 3.8) is 0 Å². The average molecular weight is 393 g/mol. The number of anilines is 1. The van der Waals surface area contributed by atoms with Crippen LogP contribution in [-0.4, -0.2) is 20.7 Å². The number of benzene rings is 2. The van der Waals surface area contributed by atoms with E-state index in [1.807, 2.05) is 0 Å². The molecule has 3 aromatic rings. The summed E-state index contributed by atoms with van der Waals surface area (Å²) in [7, 11) is 1.53. The third-order valence-electron chi connectivity index (χ3n) is 3.89. The topological polar surface area (TPSA) is 64.0 Å². The van der Waals surface area contributed by atoms with E-state index in [1.165, 1.54) is 18.5 Å². The van der Waals surface area contributed by atoms with E-state index in [4.69, 9.17) is 0 Å². The fourth-order valence-corrected chi connectivity index (χ4v) is 3.25. The first-order valence-corrected chi connectivity index (χ1v) is 8.74. The largest absolute Gasteiger partial charge is 0.323 e. The van der Waals surface area contributed by atoms with Crippen LogP contribution in [0.3, 0.4) is 0 Å². The zero-order valence-electron chi connectivity index (χ0n) is 14.3. The van der Waals surface area contributed by atoms with Crippen LogP contribution < -0.4 is 10.9 Å². The number of carbonyl (C=O) groups is 1. The van der Waals surface area contributed by atoms with Crippen LogP contribution in [0.5, 0.6) is 0 Å². The number of rotatable bonds is 4. The molecule has 1 atom stereocenters. The number of hydrogen-bond acceptors (Lipinski definition) is 4. The molecule has 0 saturated carbocycles. The molecule has 0 fully saturated rings. The van der Waals surface area contributed by atoms with E-state index in [2.05, 4.69) is 10.3 Å². The molecule has 0 radical (unpaired) electrons. The van der Waals surface area contributed by atoms with Gasteiger partial charge in [-0.25, -0.2) is 18.2 Å². The van der Waals surface area contributed by atoms with Gasteiger partial charge in [0.2, 0.25) is 5.91 Å². The molecule has 1 heterocycles. The smallest absolute Gasteiger partial charge is 0.261 e. The van der Waals surface area contributed by atoms with Crippen molar-refractivity contribution >= 4 is 34.3 Å². The molecule has 9 heteroatoms. The van der Waals surface area contributed by atoms with Crippen molar-refractivity contribution in [3.05, 3.63) is 64.2 Å². The summed E-state index contributed by atoms with van der Waals surface area (Å²) in [5.74, 6) is -5.13. The third kappa shape index (κ3) is 3.68. The Kier molecular flexibility index (Phi) is 5.22. The highest BCUT2D eigenvalue weighted by Crippen LogP contribution is 2.24. The van der Waals surface area contributed by atoms with Crippen LogP contribution in [0, 0.1) is 17.5 Å². The molecule has 0 saturated heterocycles. The van der Waals surface area contributed by atoms with E-state index in [-0.39, 0.29) is 5.56 Å². The number of halogens is 3. The Hall–Kier alpha value is -2.81. The Bertz CT molecular complexity index is 1100. The Morgan fingerprint density at radius 3 is 2.59 bits per heavy atom. The van der Waals surface area contributed by atoms with Crippen molar-refractivity contribution in [2.45, 2.75) is 17.3 Å². The average Bonchev–Trinajstić information content (AvgIpc) is 2.66. The first-order chi connectivity index (χ1) is 12.8. The quantitative estimate of drug-likeness (QED) is 0.419. The van der Waals surface area contributed by atoms with E-state index in [9.17, 15) is 22.8 Å². The van der Waals surface area contributed by atoms with Gasteiger partial charge in [0.25, 0.3) is 5.56 Å². The minimum absolute atomic E-state index is 0.262. The molecular weight excluding hydrogens is 379 g/mol. The summed E-state index contributed by atoms with van der Waals surface area (Å²) in [5, 5.41) is 2.18. The van der Waals surface area contributed by atoms with Crippen molar-refractivity contribution < 1.29 is 18.0 Å². The van der Waals surface area contributed by atoms with Gasteiger partial charge in [-0.15, -0.1) is 0 Å². The lowest BCUT2D eigenvalue weighted by Crippen LogP contribution is -2.26. The Morgan fingerprint density at radius 1 is 1.15 bits per heavy atom. The third-order valence-corrected chi connectivity index (χ3v) is 5.03. The lowest BCUT2D eigenvalue weighted by Gasteiger charge is -2.14. The molecular formula is C18H14F3N3O2S. The maximum absolute atomic E-state index is 13.7. The van der Waals surface area contributed by atoms with Gasteiger partial charge in [0, 0.05) is 7.05 Å². The first-order valence-electron chi connectivity index (χ1n) is 7.86. The van der Waals surface area contributed by atoms with Crippen molar-refractivity contribution in [2.24, 2.45) is 7.05 Å². The van der Waals surface area contributed by atoms with Crippen LogP contribution in [0.15, 0.2) is 46.3 Å². The predicted molar refractivity (Wildman–Crippen MR) is 97.2 cm³/mol. The van der Waals surface area contributed by atoms with Crippen molar-refractivity contribution in [2.75, 3.05) is 5.32 Å². The van der Waals surface area contributed by atoms with Gasteiger partial charge in [-0.2, -0.15) is 0 Å². The molecule has 3 rings (SSSR count). The van der Waals surface area contributed by atoms with Crippen LogP contribution in [0.2, 0.25) is 0 Å². The summed E-state index contributed by atoms with van der Waals surface area (Å²) in [5.41, 5.74) is -0.239. The number of para-hydroxylation sites is 1. The van der Waals surface area contributed by atoms with E-state index in [1.54, 1.807) is 24.3 Å². The van der Waals surface area contributed by atoms with E-state index in [0.717, 1.165) is 23.9 Å². The minimum atomic E-state index is -1.66. The lowest BCUT2D eigenvalue weighted by atomic mass is 10.2. The standard InChI is InChI=1S/C18H14F3N3O2S/c1-9(16(25)22-13-8-7-11(19)14(20)15(13)21)27-18-23-12-6-4-3-5-10(12)17(26)24(18)2/h3-9H,1-2H3,(H,22,25)/t9-/m1/s1. The number of amides is 1. The molecule has 0 spiro atoms. The molecule has 2 aromatic carbocycles. The van der Waals surface area contributed by atoms with Crippen LogP contribution >= 0.6 is 11.8 Å². The maximum atomic E-state index is 13.7. The van der Waals surface area contributed by atoms with Crippen LogP contribution in [0.4, 0.5) is 18.9 Å². The van der Waals surface area contributed by atoms with E-state index < -0.39 is 34.3 Å². The number of nitrogens with one attached hydrogen (secondary N) is 1. The molecule has 0 aliphatic heterocycles. The monoisotopic (exact) mass is 393 g/mol. The van der Waals surface area contributed by atoms with E-state index in [0.29, 0.717) is 16.1 Å². The highest BCUT2D eigenvalue weighted by atomic mass is 32.2. The van der Waals surface area contributed by atoms with Crippen molar-refractivity contribution in [1.82, 2.24) is 9.55 Å². The second kappa shape index (κ2) is 7.43. The summed E-state index contributed by atoms with van der Waals surface area (Å²) in [6, 6.07) is 8.46. The Labute approximate surface area is 156 Å². The number of thioether (sulfide) groups is 1. The number of carbonyl (C=O) groups excluding carboxylic acids is 1. The molecule has 0 aliphatic carbocycles. The van der Waals surface area contributed by atoms with E-state index >= 15 is 0 Å². The molecule has 0 bridgehead atoms. The lowest BCUT2D eigenvalue weighted by molar-refractivity contribution is -0.115. The summed E-state index contributed by atoms with van der Waals surface area (Å²) >= 11 is 0.989. The summed E-state index contributed by atoms with van der Waals surface area (Å²) in [6.07, 6.45) is 0. The second-order valence-corrected chi connectivity index (χ2v) is 7.06. The van der Waals surface area contributed by atoms with Gasteiger partial charge in [-0.05, 0) is 31.2 Å². The highest BCUT2D eigenvalue weighted by molar-refractivity contribution is 8.00. The Morgan fingerprint density at radius 2 is 1.85 bits per heavy atom. The molecule has 1 N–H and O–H groups in total. The number of hydrogen-bond donors (Lipinski definition) is 1. The van der Waals surface area contributed by atoms with Gasteiger partial charge in [0.1, 0.15) is 0 Å². The molecule has 1 amide bonds. The van der Waals surface area contributed by atoms with Gasteiger partial charge in [-0.3, -0.25) is 14.2 Å². The highest BCUT2D eigenvalue weighted by Gasteiger charge is 2.21. The second-order valence-electron chi connectivity index (χ2n) is 5.75. The Balaban J connectivity index is 1.83. The summed E-state index contributed by atoms with van der Waals surface area (Å²) in [6.45, 7) is 1.53. The van der Waals surface area contributed by atoms with Gasteiger partial charge >= 0.3 is 0 Å². The molecule has 27 heavy (non-hydrogen) atoms. The summed E-state index contributed by atoms with van der Waals surface area (Å²) < 4.78 is 41.3. The van der Waals surface area contributed by atoms with Gasteiger partial charge in [-0.1, -0.05) is 23.9 Å². The van der Waals surface area contributed by atoms with Crippen molar-refractivity contribution in [3.8, 4) is 0 Å². The molecule has 5 nitrogen and oxygen atoms in total. The summed E-state index contributed by atoms with van der Waals surface area (Å²) in [4.78, 5) is 29.1. The van der Waals surface area contributed by atoms with Crippen LogP contribution in [0.1, 0.15) is 6.92 Å². The fraction of sp³-hybridized carbons (Fsp3) is 0.167. The zero-order chi connectivity index (χ0) is 19.7. The number of aromatic nitrogens is 2. The fourth-order valence-electron chi connectivity index (χ4n) is 2.37. The molecule has 0 aliphatic rings. The van der Waals surface area contributed by atoms with Crippen LogP contribution in [-0.2, 0) is 11.8 Å². The van der Waals surface area contributed by atoms with Gasteiger partial charge < -0.3 is 5.32 Å². The molecule has 0 unspecified atom stereocenters. The number of nitrogens with zero attached hydrogens (tertiary/aromatic N) is 2. The molecule has 1 aromatic heterocycles. The van der Waals surface area contributed by atoms with Crippen molar-refractivity contribution in [1.29, 1.82) is 0 Å².